The van der Waals surface area contributed by atoms with Gasteiger partial charge in [-0.05, 0) is 140 Å². The predicted molar refractivity (Wildman–Crippen MR) is 417 cm³/mol. The molecule has 0 atom stereocenters. The summed E-state index contributed by atoms with van der Waals surface area (Å²) in [6.45, 7) is 23.6. The van der Waals surface area contributed by atoms with Crippen LogP contribution < -0.4 is 41.3 Å². The van der Waals surface area contributed by atoms with Crippen LogP contribution in [0.25, 0.3) is 89.0 Å². The van der Waals surface area contributed by atoms with Gasteiger partial charge in [0.1, 0.15) is 0 Å². The van der Waals surface area contributed by atoms with Gasteiger partial charge in [-0.15, -0.1) is 140 Å². The fourth-order valence-electron chi connectivity index (χ4n) is 12.8. The van der Waals surface area contributed by atoms with Crippen LogP contribution in [0.4, 0.5) is 0 Å². The molecule has 2 N–H and O–H groups in total. The average molecular weight is 2120 g/mol. The van der Waals surface area contributed by atoms with E-state index in [2.05, 4.69) is 155 Å². The van der Waals surface area contributed by atoms with Gasteiger partial charge in [0.2, 0.25) is 0 Å². The van der Waals surface area contributed by atoms with Crippen molar-refractivity contribution in [3.63, 3.8) is 0 Å². The molecule has 1 aliphatic heterocycles. The van der Waals surface area contributed by atoms with Crippen molar-refractivity contribution in [2.75, 3.05) is 0 Å². The first kappa shape index (κ1) is 87.3. The van der Waals surface area contributed by atoms with Crippen LogP contribution in [-0.4, -0.2) is 36.7 Å². The first-order chi connectivity index (χ1) is 49.0. The molecule has 5 aromatic carbocycles. The molecule has 8 bridgehead atoms. The molecular formula is C89H88Ir3N7O4PtS-3. The summed E-state index contributed by atoms with van der Waals surface area (Å²) in [5.74, 6) is -0.125. The molecular weight excluding hydrogens is 2030 g/mol. The molecule has 16 heteroatoms. The van der Waals surface area contributed by atoms with E-state index >= 15 is 0 Å². The molecule has 0 spiro atoms. The Morgan fingerprint density at radius 3 is 1.08 bits per heavy atom. The zero-order chi connectivity index (χ0) is 72.0. The summed E-state index contributed by atoms with van der Waals surface area (Å²) in [4.78, 5) is 55.4. The van der Waals surface area contributed by atoms with Crippen molar-refractivity contribution in [3.05, 3.63) is 301 Å². The van der Waals surface area contributed by atoms with E-state index in [1.807, 2.05) is 128 Å². The molecule has 14 rings (SSSR count). The van der Waals surface area contributed by atoms with E-state index < -0.39 is 0 Å². The molecule has 0 aliphatic carbocycles. The summed E-state index contributed by atoms with van der Waals surface area (Å²) in [7, 11) is 0. The van der Waals surface area contributed by atoms with Crippen molar-refractivity contribution in [3.8, 4) is 33.1 Å². The van der Waals surface area contributed by atoms with Gasteiger partial charge in [0.25, 0.3) is 0 Å². The van der Waals surface area contributed by atoms with Crippen molar-refractivity contribution >= 4 is 78.8 Å². The molecule has 0 amide bonds. The van der Waals surface area contributed by atoms with E-state index in [1.165, 1.54) is 116 Å². The number of carbonyl (C=O) groups is 2. The fourth-order valence-corrected chi connectivity index (χ4v) is 13.8. The zero-order valence-corrected chi connectivity index (χ0v) is 71.6. The maximum Gasteiger partial charge on any atom is 4.00 e. The van der Waals surface area contributed by atoms with E-state index in [4.69, 9.17) is 30.1 Å². The second-order valence-corrected chi connectivity index (χ2v) is 25.2. The van der Waals surface area contributed by atoms with E-state index in [0.29, 0.717) is 0 Å². The Morgan fingerprint density at radius 1 is 0.410 bits per heavy atom. The van der Waals surface area contributed by atoms with Gasteiger partial charge < -0.3 is 45.1 Å². The number of pyridine rings is 3. The summed E-state index contributed by atoms with van der Waals surface area (Å²) in [6, 6.07) is 60.5. The van der Waals surface area contributed by atoms with Gasteiger partial charge in [0.15, 0.2) is 11.6 Å². The summed E-state index contributed by atoms with van der Waals surface area (Å²) in [5.41, 5.74) is 20.0. The number of fused-ring (bicyclic) bond motifs is 11. The van der Waals surface area contributed by atoms with Crippen LogP contribution in [-0.2, 0) is 142 Å². The number of rotatable bonds is 13. The Bertz CT molecular complexity index is 4860. The average Bonchev–Trinajstić information content (AvgIpc) is 1.64. The Labute approximate surface area is 677 Å². The number of aromatic nitrogens is 7. The van der Waals surface area contributed by atoms with Crippen molar-refractivity contribution in [1.29, 1.82) is 0 Å². The minimum Gasteiger partial charge on any atom is -0.657 e. The number of benzene rings is 5. The molecule has 13 aromatic rings. The maximum atomic E-state index is 10.0. The molecule has 0 saturated carbocycles. The van der Waals surface area contributed by atoms with Gasteiger partial charge in [-0.2, -0.15) is 0 Å². The van der Waals surface area contributed by atoms with E-state index in [-0.39, 0.29) is 104 Å². The molecule has 549 valence electrons. The standard InChI is InChI=1S/C36H44N4.2C15H10N.C13H8NS.2C5H8O2.3Ir.Pt/c1-9-21-22(10-2)30-18-32-25(13-5)26(14-6)34(39-32)20-36-28(16-8)27(15-7)35(40-36)19-33-24(12-4)23(11-3)31(38-33)17-29(21)37-30;2*1-2-7-13(8-3-1)15-14-9-5-4-6-12(14)10-11-16-15;1-2-7-12-10(5-1)9-13(15-12)11-6-3-4-8-14-11;2*1-4(6)3-5(2)7;;;;/h17-20H,9-16H2,1-8H3;2*1-7,9-11H;1-8H;2*3,6H,1-2H3;;;;/q-4;3*-1;;;;;;+4. The van der Waals surface area contributed by atoms with E-state index in [0.717, 1.165) is 129 Å². The van der Waals surface area contributed by atoms with Gasteiger partial charge in [-0.1, -0.05) is 197 Å². The zero-order valence-electron chi connectivity index (χ0n) is 61.4. The van der Waals surface area contributed by atoms with Crippen molar-refractivity contribution in [2.24, 2.45) is 0 Å². The molecule has 3 radical (unpaired) electrons. The second-order valence-electron chi connectivity index (χ2n) is 24.1. The number of hydrogen-bond acceptors (Lipinski definition) is 8. The largest absolute Gasteiger partial charge is 4.00 e. The Balaban J connectivity index is 0.000000253. The number of nitrogens with zero attached hydrogens (tertiary/aromatic N) is 7. The monoisotopic (exact) mass is 2120 g/mol. The van der Waals surface area contributed by atoms with E-state index in [1.54, 1.807) is 11.3 Å². The summed E-state index contributed by atoms with van der Waals surface area (Å²) in [5, 5.41) is 26.9. The number of ketones is 2. The first-order valence-electron chi connectivity index (χ1n) is 34.9. The number of hydrogen-bond donors (Lipinski definition) is 2. The molecule has 0 fully saturated rings. The summed E-state index contributed by atoms with van der Waals surface area (Å²) in [6.07, 6.45) is 24.4. The van der Waals surface area contributed by atoms with Crippen LogP contribution in [0.5, 0.6) is 0 Å². The summed E-state index contributed by atoms with van der Waals surface area (Å²) >= 11 is 1.73. The number of aliphatic hydroxyl groups excluding tert-OH is 2. The van der Waals surface area contributed by atoms with Gasteiger partial charge in [-0.3, -0.25) is 9.59 Å². The number of carbonyl (C=O) groups excluding carboxylic acids is 2. The normalized spacial score (nSPS) is 11.0. The van der Waals surface area contributed by atoms with Crippen molar-refractivity contribution in [1.82, 2.24) is 34.9 Å². The van der Waals surface area contributed by atoms with Crippen molar-refractivity contribution in [2.45, 2.75) is 134 Å². The first-order valence-corrected chi connectivity index (χ1v) is 35.7. The minimum atomic E-state index is -0.125. The third-order valence-electron chi connectivity index (χ3n) is 17.2. The van der Waals surface area contributed by atoms with Crippen LogP contribution in [0, 0.1) is 18.2 Å². The predicted octanol–water partition coefficient (Wildman–Crippen LogP) is 16.9. The van der Waals surface area contributed by atoms with Gasteiger partial charge in [0.05, 0.1) is 11.5 Å². The smallest absolute Gasteiger partial charge is 0.657 e. The van der Waals surface area contributed by atoms with Crippen LogP contribution in [0.1, 0.15) is 150 Å². The molecule has 9 heterocycles. The molecule has 8 aromatic heterocycles. The molecule has 0 saturated heterocycles. The molecule has 105 heavy (non-hydrogen) atoms. The third kappa shape index (κ3) is 22.6. The van der Waals surface area contributed by atoms with Crippen LogP contribution in [0.2, 0.25) is 0 Å². The Hall–Kier alpha value is -8.31. The number of thiophene rings is 1. The second kappa shape index (κ2) is 43.3. The molecule has 1 aliphatic rings. The van der Waals surface area contributed by atoms with Crippen LogP contribution in [0.3, 0.4) is 0 Å². The Morgan fingerprint density at radius 2 is 0.762 bits per heavy atom. The quantitative estimate of drug-likeness (QED) is 0.0640. The van der Waals surface area contributed by atoms with Gasteiger partial charge in [-0.25, -0.2) is 11.3 Å². The van der Waals surface area contributed by atoms with Crippen molar-refractivity contribution < 1.29 is 101 Å². The van der Waals surface area contributed by atoms with Crippen LogP contribution in [0.15, 0.2) is 194 Å². The fraction of sp³-hybridized carbons (Fsp3) is 0.225. The Kier molecular flexibility index (Phi) is 36.0. The van der Waals surface area contributed by atoms with Crippen LogP contribution >= 0.6 is 11.3 Å². The number of allylic oxidation sites excluding steroid dienone is 4. The topological polar surface area (TPSA) is 170 Å². The number of aliphatic hydroxyl groups is 2. The third-order valence-corrected chi connectivity index (χ3v) is 18.3. The molecule has 0 unspecified atom stereocenters. The van der Waals surface area contributed by atoms with E-state index in [9.17, 15) is 9.59 Å². The minimum absolute atomic E-state index is 0. The summed E-state index contributed by atoms with van der Waals surface area (Å²) < 4.78 is 1.26. The SMILES string of the molecule is CC(=O)C=C(C)O.CC(=O)C=C(C)O.CCc1c2[n-]c(c1CC)C=c1[n-]c(c(CC)c1CC)=Cc1[n-]c(c(CC)c1CC)C=c1[n-]c(c(CC)c1CC)=C2.[Ir].[Ir].[Ir].[Pt+4].[c-]1c(-c2ccccn2)sc2ccccc12.[c-]1ccccc1-c1nccc2ccccc12.[c-]1ccccc1-c1nccc2ccccc12. The molecule has 11 nitrogen and oxygen atoms in total. The maximum absolute atomic E-state index is 10.0. The van der Waals surface area contributed by atoms with Gasteiger partial charge in [0, 0.05) is 96.8 Å². The van der Waals surface area contributed by atoms with Gasteiger partial charge >= 0.3 is 21.1 Å².